The summed E-state index contributed by atoms with van der Waals surface area (Å²) >= 11 is 3.34. The van der Waals surface area contributed by atoms with Gasteiger partial charge < -0.3 is 4.57 Å². The van der Waals surface area contributed by atoms with E-state index in [9.17, 15) is 0 Å². The summed E-state index contributed by atoms with van der Waals surface area (Å²) in [5.41, 5.74) is 9.66. The molecule has 0 radical (unpaired) electrons. The van der Waals surface area contributed by atoms with Crippen LogP contribution in [0.4, 0.5) is 0 Å². The van der Waals surface area contributed by atoms with Crippen LogP contribution in [0.5, 0.6) is 0 Å². The zero-order valence-electron chi connectivity index (χ0n) is 21.7. The van der Waals surface area contributed by atoms with Crippen molar-refractivity contribution in [2.75, 3.05) is 0 Å². The Kier molecular flexibility index (Phi) is 5.40. The Morgan fingerprint density at radius 1 is 0.525 bits per heavy atom. The van der Waals surface area contributed by atoms with E-state index >= 15 is 0 Å². The molecule has 190 valence electrons. The third-order valence-corrected chi connectivity index (χ3v) is 9.43. The van der Waals surface area contributed by atoms with E-state index in [-0.39, 0.29) is 0 Å². The summed E-state index contributed by atoms with van der Waals surface area (Å²) in [7, 11) is 2.18. The molecule has 0 saturated carbocycles. The Morgan fingerprint density at radius 3 is 1.73 bits per heavy atom. The largest absolute Gasteiger partial charge is 0.344 e. The fraction of sp³-hybridized carbons (Fsp3) is 0.0286. The Balaban J connectivity index is 1.28. The molecule has 0 aliphatic carbocycles. The molecule has 40 heavy (non-hydrogen) atoms. The molecule has 0 saturated heterocycles. The first kappa shape index (κ1) is 23.3. The van der Waals surface area contributed by atoms with Crippen LogP contribution in [0.15, 0.2) is 120 Å². The third kappa shape index (κ3) is 3.70. The minimum Gasteiger partial charge on any atom is -0.344 e. The highest BCUT2D eigenvalue weighted by Crippen LogP contribution is 2.41. The maximum Gasteiger partial charge on any atom is 0.123 e. The minimum atomic E-state index is 1.05. The van der Waals surface area contributed by atoms with Gasteiger partial charge in [0.2, 0.25) is 0 Å². The van der Waals surface area contributed by atoms with Crippen molar-refractivity contribution in [2.24, 2.45) is 7.05 Å². The van der Waals surface area contributed by atoms with Gasteiger partial charge in [0.1, 0.15) is 10.0 Å². The standard InChI is InChI=1S/C35H23N3S2/c1-38-31-20-26(22-6-10-24(11-7-22)34-36-16-18-39-34)14-15-29(31)33-28-5-3-2-4-27(28)30(21-32(33)38)23-8-12-25(13-9-23)35-37-17-19-40-35/h2-21H,1H3. The summed E-state index contributed by atoms with van der Waals surface area (Å²) in [5, 5.41) is 11.3. The smallest absolute Gasteiger partial charge is 0.123 e. The number of fused-ring (bicyclic) bond motifs is 5. The van der Waals surface area contributed by atoms with Crippen LogP contribution < -0.4 is 0 Å². The van der Waals surface area contributed by atoms with Gasteiger partial charge in [0.15, 0.2) is 0 Å². The maximum atomic E-state index is 4.47. The molecule has 0 N–H and O–H groups in total. The van der Waals surface area contributed by atoms with E-state index in [1.165, 1.54) is 54.8 Å². The van der Waals surface area contributed by atoms with Crippen molar-refractivity contribution in [3.8, 4) is 43.4 Å². The molecule has 0 bridgehead atoms. The fourth-order valence-electron chi connectivity index (χ4n) is 5.81. The minimum absolute atomic E-state index is 1.05. The van der Waals surface area contributed by atoms with Crippen molar-refractivity contribution in [3.63, 3.8) is 0 Å². The summed E-state index contributed by atoms with van der Waals surface area (Å²) in [6, 6.07) is 35.6. The predicted octanol–water partition coefficient (Wildman–Crippen LogP) is 10.1. The molecular weight excluding hydrogens is 527 g/mol. The maximum absolute atomic E-state index is 4.47. The van der Waals surface area contributed by atoms with Crippen molar-refractivity contribution < 1.29 is 0 Å². The molecule has 0 unspecified atom stereocenters. The lowest BCUT2D eigenvalue weighted by molar-refractivity contribution is 1.01. The van der Waals surface area contributed by atoms with E-state index in [1.807, 2.05) is 23.2 Å². The molecule has 5 heteroatoms. The van der Waals surface area contributed by atoms with E-state index in [0.717, 1.165) is 21.1 Å². The van der Waals surface area contributed by atoms with Gasteiger partial charge in [-0.05, 0) is 45.2 Å². The van der Waals surface area contributed by atoms with Crippen molar-refractivity contribution in [2.45, 2.75) is 0 Å². The normalized spacial score (nSPS) is 11.6. The number of benzene rings is 5. The average molecular weight is 550 g/mol. The molecule has 3 nitrogen and oxygen atoms in total. The molecule has 0 fully saturated rings. The molecule has 0 aliphatic rings. The lowest BCUT2D eigenvalue weighted by Gasteiger charge is -2.10. The van der Waals surface area contributed by atoms with Crippen LogP contribution in [-0.4, -0.2) is 14.5 Å². The van der Waals surface area contributed by atoms with Gasteiger partial charge >= 0.3 is 0 Å². The SMILES string of the molecule is Cn1c2cc(-c3ccc(-c4nccs4)cc3)ccc2c2c3ccccc3c(-c3ccc(-c4nccs4)cc3)cc21. The number of aromatic nitrogens is 3. The fourth-order valence-corrected chi connectivity index (χ4v) is 7.10. The molecule has 5 aromatic carbocycles. The van der Waals surface area contributed by atoms with Crippen LogP contribution in [0.2, 0.25) is 0 Å². The lowest BCUT2D eigenvalue weighted by atomic mass is 9.94. The summed E-state index contributed by atoms with van der Waals surface area (Å²) in [5.74, 6) is 0. The third-order valence-electron chi connectivity index (χ3n) is 7.79. The lowest BCUT2D eigenvalue weighted by Crippen LogP contribution is -1.89. The Labute approximate surface area is 239 Å². The molecule has 0 aliphatic heterocycles. The molecule has 3 aromatic heterocycles. The zero-order valence-corrected chi connectivity index (χ0v) is 23.3. The van der Waals surface area contributed by atoms with Gasteiger partial charge in [0, 0.05) is 57.6 Å². The molecule has 3 heterocycles. The Hall–Kier alpha value is -4.58. The zero-order chi connectivity index (χ0) is 26.6. The van der Waals surface area contributed by atoms with Gasteiger partial charge in [-0.2, -0.15) is 0 Å². The molecule has 0 amide bonds. The topological polar surface area (TPSA) is 30.7 Å². The molecular formula is C35H23N3S2. The number of nitrogens with zero attached hydrogens (tertiary/aromatic N) is 3. The van der Waals surface area contributed by atoms with Crippen LogP contribution in [-0.2, 0) is 7.05 Å². The highest BCUT2D eigenvalue weighted by Gasteiger charge is 2.16. The summed E-state index contributed by atoms with van der Waals surface area (Å²) in [6.07, 6.45) is 3.72. The van der Waals surface area contributed by atoms with Crippen molar-refractivity contribution in [3.05, 3.63) is 120 Å². The van der Waals surface area contributed by atoms with Gasteiger partial charge in [0.25, 0.3) is 0 Å². The first-order valence-electron chi connectivity index (χ1n) is 13.2. The van der Waals surface area contributed by atoms with Crippen LogP contribution in [0, 0.1) is 0 Å². The quantitative estimate of drug-likeness (QED) is 0.219. The van der Waals surface area contributed by atoms with Crippen LogP contribution >= 0.6 is 22.7 Å². The number of rotatable bonds is 4. The van der Waals surface area contributed by atoms with Gasteiger partial charge in [-0.25, -0.2) is 9.97 Å². The average Bonchev–Trinajstić information content (AvgIpc) is 3.79. The van der Waals surface area contributed by atoms with Gasteiger partial charge in [-0.15, -0.1) is 22.7 Å². The monoisotopic (exact) mass is 549 g/mol. The van der Waals surface area contributed by atoms with Gasteiger partial charge in [-0.1, -0.05) is 84.9 Å². The first-order valence-corrected chi connectivity index (χ1v) is 14.9. The highest BCUT2D eigenvalue weighted by molar-refractivity contribution is 7.13. The van der Waals surface area contributed by atoms with Crippen molar-refractivity contribution in [1.29, 1.82) is 0 Å². The second-order valence-electron chi connectivity index (χ2n) is 9.98. The van der Waals surface area contributed by atoms with Crippen LogP contribution in [0.1, 0.15) is 0 Å². The molecule has 0 spiro atoms. The Bertz CT molecular complexity index is 2140. The van der Waals surface area contributed by atoms with Crippen molar-refractivity contribution >= 4 is 55.3 Å². The van der Waals surface area contributed by atoms with Crippen molar-refractivity contribution in [1.82, 2.24) is 14.5 Å². The Morgan fingerprint density at radius 2 is 1.10 bits per heavy atom. The highest BCUT2D eigenvalue weighted by atomic mass is 32.1. The van der Waals surface area contributed by atoms with Crippen LogP contribution in [0.25, 0.3) is 76.0 Å². The van der Waals surface area contributed by atoms with E-state index < -0.39 is 0 Å². The number of aryl methyl sites for hydroxylation is 1. The van der Waals surface area contributed by atoms with E-state index in [0.29, 0.717) is 0 Å². The predicted molar refractivity (Wildman–Crippen MR) is 171 cm³/mol. The van der Waals surface area contributed by atoms with Crippen LogP contribution in [0.3, 0.4) is 0 Å². The number of hydrogen-bond acceptors (Lipinski definition) is 4. The molecule has 0 atom stereocenters. The summed E-state index contributed by atoms with van der Waals surface area (Å²) in [6.45, 7) is 0. The van der Waals surface area contributed by atoms with Gasteiger partial charge in [-0.3, -0.25) is 0 Å². The van der Waals surface area contributed by atoms with E-state index in [1.54, 1.807) is 22.7 Å². The second kappa shape index (κ2) is 9.26. The number of thiazole rings is 2. The van der Waals surface area contributed by atoms with E-state index in [4.69, 9.17) is 0 Å². The molecule has 8 aromatic rings. The van der Waals surface area contributed by atoms with E-state index in [2.05, 4.69) is 119 Å². The molecule has 8 rings (SSSR count). The van der Waals surface area contributed by atoms with Gasteiger partial charge in [0.05, 0.1) is 5.52 Å². The second-order valence-corrected chi connectivity index (χ2v) is 11.8. The first-order chi connectivity index (χ1) is 19.7. The summed E-state index contributed by atoms with van der Waals surface area (Å²) < 4.78 is 2.35. The number of hydrogen-bond donors (Lipinski definition) is 0. The summed E-state index contributed by atoms with van der Waals surface area (Å²) in [4.78, 5) is 8.92.